The van der Waals surface area contributed by atoms with Crippen LogP contribution in [0.2, 0.25) is 0 Å². The Morgan fingerprint density at radius 2 is 2.16 bits per heavy atom. The predicted molar refractivity (Wildman–Crippen MR) is 66.6 cm³/mol. The second-order valence-electron chi connectivity index (χ2n) is 4.47. The molecule has 0 amide bonds. The van der Waals surface area contributed by atoms with Crippen LogP contribution in [-0.2, 0) is 24.7 Å². The van der Waals surface area contributed by atoms with Crippen LogP contribution < -0.4 is 0 Å². The Hall–Kier alpha value is -2.04. The topological polar surface area (TPSA) is 34.9 Å². The predicted octanol–water partition coefficient (Wildman–Crippen LogP) is 2.44. The van der Waals surface area contributed by atoms with E-state index >= 15 is 0 Å². The molecular formula is C14H14F2N2O. The Morgan fingerprint density at radius 1 is 1.37 bits per heavy atom. The molecule has 1 aromatic carbocycles. The van der Waals surface area contributed by atoms with Gasteiger partial charge in [-0.2, -0.15) is 5.10 Å². The lowest BCUT2D eigenvalue weighted by molar-refractivity contribution is -0.118. The summed E-state index contributed by atoms with van der Waals surface area (Å²) in [7, 11) is 1.80. The van der Waals surface area contributed by atoms with Crippen molar-refractivity contribution in [2.75, 3.05) is 0 Å². The fraction of sp³-hybridized carbons (Fsp3) is 0.286. The van der Waals surface area contributed by atoms with Gasteiger partial charge in [0.2, 0.25) is 0 Å². The molecule has 0 aliphatic carbocycles. The van der Waals surface area contributed by atoms with Gasteiger partial charge in [-0.25, -0.2) is 8.78 Å². The number of benzene rings is 1. The van der Waals surface area contributed by atoms with E-state index in [2.05, 4.69) is 5.10 Å². The summed E-state index contributed by atoms with van der Waals surface area (Å²) in [5, 5.41) is 4.01. The van der Waals surface area contributed by atoms with E-state index in [1.807, 2.05) is 6.20 Å². The first-order chi connectivity index (χ1) is 9.04. The van der Waals surface area contributed by atoms with Crippen LogP contribution in [0.4, 0.5) is 8.78 Å². The fourth-order valence-electron chi connectivity index (χ4n) is 1.85. The summed E-state index contributed by atoms with van der Waals surface area (Å²) in [6, 6.07) is 3.27. The standard InChI is InChI=1S/C14H14F2N2O/c1-18-9-10(8-17-18)2-5-13(19)6-11-3-4-12(15)7-14(11)16/h3-4,7-9H,2,5-6H2,1H3. The van der Waals surface area contributed by atoms with Gasteiger partial charge in [0.25, 0.3) is 0 Å². The molecule has 5 heteroatoms. The number of hydrogen-bond acceptors (Lipinski definition) is 2. The smallest absolute Gasteiger partial charge is 0.137 e. The van der Waals surface area contributed by atoms with Crippen molar-refractivity contribution in [3.8, 4) is 0 Å². The summed E-state index contributed by atoms with van der Waals surface area (Å²) in [4.78, 5) is 11.7. The molecule has 0 bridgehead atoms. The van der Waals surface area contributed by atoms with Crippen LogP contribution in [-0.4, -0.2) is 15.6 Å². The maximum absolute atomic E-state index is 13.4. The summed E-state index contributed by atoms with van der Waals surface area (Å²) in [5.74, 6) is -1.38. The number of Topliss-reactive ketones (excluding diaryl/α,β-unsaturated/α-hetero) is 1. The summed E-state index contributed by atoms with van der Waals surface area (Å²) in [6.07, 6.45) is 4.43. The SMILES string of the molecule is Cn1cc(CCC(=O)Cc2ccc(F)cc2F)cn1. The fourth-order valence-corrected chi connectivity index (χ4v) is 1.85. The van der Waals surface area contributed by atoms with E-state index < -0.39 is 11.6 Å². The molecular weight excluding hydrogens is 250 g/mol. The second-order valence-corrected chi connectivity index (χ2v) is 4.47. The van der Waals surface area contributed by atoms with Crippen LogP contribution in [0.25, 0.3) is 0 Å². The van der Waals surface area contributed by atoms with Crippen LogP contribution in [0.3, 0.4) is 0 Å². The van der Waals surface area contributed by atoms with Crippen molar-refractivity contribution in [2.45, 2.75) is 19.3 Å². The van der Waals surface area contributed by atoms with Crippen LogP contribution in [0.15, 0.2) is 30.6 Å². The number of aromatic nitrogens is 2. The number of ketones is 1. The Balaban J connectivity index is 1.90. The average Bonchev–Trinajstić information content (AvgIpc) is 2.76. The van der Waals surface area contributed by atoms with Gasteiger partial charge < -0.3 is 0 Å². The molecule has 0 aliphatic heterocycles. The molecule has 1 aromatic heterocycles. The molecule has 2 aromatic rings. The molecule has 0 aliphatic rings. The van der Waals surface area contributed by atoms with Gasteiger partial charge in [0.1, 0.15) is 17.4 Å². The van der Waals surface area contributed by atoms with Gasteiger partial charge in [-0.15, -0.1) is 0 Å². The zero-order valence-corrected chi connectivity index (χ0v) is 10.6. The lowest BCUT2D eigenvalue weighted by Crippen LogP contribution is -2.06. The molecule has 0 unspecified atom stereocenters. The van der Waals surface area contributed by atoms with Gasteiger partial charge in [0, 0.05) is 32.2 Å². The molecule has 0 saturated heterocycles. The Morgan fingerprint density at radius 3 is 2.79 bits per heavy atom. The number of rotatable bonds is 5. The Kier molecular flexibility index (Phi) is 4.04. The number of halogens is 2. The van der Waals surface area contributed by atoms with Gasteiger partial charge in [0.15, 0.2) is 0 Å². The monoisotopic (exact) mass is 264 g/mol. The van der Waals surface area contributed by atoms with E-state index in [0.29, 0.717) is 12.8 Å². The highest BCUT2D eigenvalue weighted by molar-refractivity contribution is 5.81. The molecule has 19 heavy (non-hydrogen) atoms. The van der Waals surface area contributed by atoms with Crippen LogP contribution >= 0.6 is 0 Å². The first kappa shape index (κ1) is 13.4. The number of hydrogen-bond donors (Lipinski definition) is 0. The van der Waals surface area contributed by atoms with Crippen LogP contribution in [0.1, 0.15) is 17.5 Å². The maximum atomic E-state index is 13.4. The van der Waals surface area contributed by atoms with E-state index in [9.17, 15) is 13.6 Å². The van der Waals surface area contributed by atoms with Crippen molar-refractivity contribution >= 4 is 5.78 Å². The molecule has 0 saturated carbocycles. The van der Waals surface area contributed by atoms with Crippen molar-refractivity contribution in [2.24, 2.45) is 7.05 Å². The highest BCUT2D eigenvalue weighted by Crippen LogP contribution is 2.12. The zero-order chi connectivity index (χ0) is 13.8. The number of carbonyl (C=O) groups is 1. The minimum atomic E-state index is -0.672. The largest absolute Gasteiger partial charge is 0.299 e. The zero-order valence-electron chi connectivity index (χ0n) is 10.6. The van der Waals surface area contributed by atoms with Crippen LogP contribution in [0.5, 0.6) is 0 Å². The number of nitrogens with zero attached hydrogens (tertiary/aromatic N) is 2. The lowest BCUT2D eigenvalue weighted by atomic mass is 10.0. The van der Waals surface area contributed by atoms with Gasteiger partial charge in [-0.3, -0.25) is 9.48 Å². The van der Waals surface area contributed by atoms with E-state index in [4.69, 9.17) is 0 Å². The van der Waals surface area contributed by atoms with Gasteiger partial charge in [-0.1, -0.05) is 6.07 Å². The Bertz CT molecular complexity index is 593. The lowest BCUT2D eigenvalue weighted by Gasteiger charge is -2.02. The highest BCUT2D eigenvalue weighted by Gasteiger charge is 2.10. The maximum Gasteiger partial charge on any atom is 0.137 e. The molecule has 100 valence electrons. The third-order valence-electron chi connectivity index (χ3n) is 2.85. The van der Waals surface area contributed by atoms with Gasteiger partial charge in [0.05, 0.1) is 6.20 Å². The summed E-state index contributed by atoms with van der Waals surface area (Å²) in [5.41, 5.74) is 1.20. The van der Waals surface area contributed by atoms with Gasteiger partial charge >= 0.3 is 0 Å². The summed E-state index contributed by atoms with van der Waals surface area (Å²) < 4.78 is 27.8. The van der Waals surface area contributed by atoms with E-state index in [1.54, 1.807) is 17.9 Å². The molecule has 3 nitrogen and oxygen atoms in total. The summed E-state index contributed by atoms with van der Waals surface area (Å²) >= 11 is 0. The second kappa shape index (κ2) is 5.73. The minimum absolute atomic E-state index is 0.00756. The molecule has 0 spiro atoms. The first-order valence-electron chi connectivity index (χ1n) is 5.98. The first-order valence-corrected chi connectivity index (χ1v) is 5.98. The van der Waals surface area contributed by atoms with Crippen molar-refractivity contribution < 1.29 is 13.6 Å². The quantitative estimate of drug-likeness (QED) is 0.831. The van der Waals surface area contributed by atoms with Crippen molar-refractivity contribution in [3.63, 3.8) is 0 Å². The Labute approximate surface area is 109 Å². The van der Waals surface area contributed by atoms with Gasteiger partial charge in [-0.05, 0) is 23.6 Å². The van der Waals surface area contributed by atoms with E-state index in [-0.39, 0.29) is 17.8 Å². The third-order valence-corrected chi connectivity index (χ3v) is 2.85. The van der Waals surface area contributed by atoms with E-state index in [0.717, 1.165) is 17.7 Å². The highest BCUT2D eigenvalue weighted by atomic mass is 19.1. The van der Waals surface area contributed by atoms with Crippen molar-refractivity contribution in [1.82, 2.24) is 9.78 Å². The average molecular weight is 264 g/mol. The molecule has 0 fully saturated rings. The minimum Gasteiger partial charge on any atom is -0.299 e. The van der Waals surface area contributed by atoms with Crippen LogP contribution in [0, 0.1) is 11.6 Å². The summed E-state index contributed by atoms with van der Waals surface area (Å²) in [6.45, 7) is 0. The molecule has 2 rings (SSSR count). The molecule has 0 radical (unpaired) electrons. The number of carbonyl (C=O) groups excluding carboxylic acids is 1. The molecule has 1 heterocycles. The normalized spacial score (nSPS) is 10.7. The van der Waals surface area contributed by atoms with E-state index in [1.165, 1.54) is 6.07 Å². The number of aryl methyl sites for hydroxylation is 2. The molecule has 0 N–H and O–H groups in total. The molecule has 0 atom stereocenters. The third kappa shape index (κ3) is 3.71. The van der Waals surface area contributed by atoms with Crippen molar-refractivity contribution in [1.29, 1.82) is 0 Å². The van der Waals surface area contributed by atoms with Crippen molar-refractivity contribution in [3.05, 3.63) is 53.4 Å².